The van der Waals surface area contributed by atoms with E-state index in [0.29, 0.717) is 10.9 Å². The number of Topliss-reactive ketones (excluding diaryl/α,β-unsaturated/α-hetero) is 1. The molecule has 1 aromatic heterocycles. The van der Waals surface area contributed by atoms with Gasteiger partial charge in [-0.25, -0.2) is 15.6 Å². The van der Waals surface area contributed by atoms with E-state index < -0.39 is 17.7 Å². The van der Waals surface area contributed by atoms with Crippen LogP contribution in [0, 0.1) is 0 Å². The van der Waals surface area contributed by atoms with Crippen molar-refractivity contribution in [1.82, 2.24) is 4.98 Å². The first kappa shape index (κ1) is 11.3. The molecule has 0 aliphatic carbocycles. The summed E-state index contributed by atoms with van der Waals surface area (Å²) in [7, 11) is 0. The van der Waals surface area contributed by atoms with Gasteiger partial charge in [-0.15, -0.1) is 0 Å². The molecule has 7 heteroatoms. The van der Waals surface area contributed by atoms with Crippen LogP contribution >= 0.6 is 0 Å². The lowest BCUT2D eigenvalue weighted by Gasteiger charge is -2.11. The van der Waals surface area contributed by atoms with Crippen molar-refractivity contribution in [3.8, 4) is 0 Å². The monoisotopic (exact) mass is 257 g/mol. The minimum absolute atomic E-state index is 0.0687. The van der Waals surface area contributed by atoms with Crippen LogP contribution < -0.4 is 10.9 Å². The van der Waals surface area contributed by atoms with Crippen LogP contribution in [0.1, 0.15) is 20.7 Å². The first-order valence-corrected chi connectivity index (χ1v) is 5.30. The highest BCUT2D eigenvalue weighted by Gasteiger charge is 2.36. The summed E-state index contributed by atoms with van der Waals surface area (Å²) in [6.07, 6.45) is 1.23. The van der Waals surface area contributed by atoms with E-state index in [9.17, 15) is 14.4 Å². The number of nitrogens with two attached hydrogens (primary N) is 1. The maximum absolute atomic E-state index is 11.6. The number of hydrazine groups is 1. The molecular weight excluding hydrogens is 250 g/mol. The Morgan fingerprint density at radius 2 is 2.05 bits per heavy atom. The van der Waals surface area contributed by atoms with Crippen molar-refractivity contribution in [3.05, 3.63) is 35.5 Å². The number of carboxylic acid groups (broad SMARTS) is 1. The summed E-state index contributed by atoms with van der Waals surface area (Å²) in [6.45, 7) is 0. The molecule has 1 aliphatic heterocycles. The molecule has 7 nitrogen and oxygen atoms in total. The molecule has 2 heterocycles. The molecule has 0 bridgehead atoms. The highest BCUT2D eigenvalue weighted by molar-refractivity contribution is 6.53. The number of anilines is 1. The molecule has 0 saturated heterocycles. The molecule has 1 amide bonds. The summed E-state index contributed by atoms with van der Waals surface area (Å²) in [5.41, 5.74) is 0.816. The minimum Gasteiger partial charge on any atom is -0.478 e. The maximum atomic E-state index is 11.6. The lowest BCUT2D eigenvalue weighted by Crippen LogP contribution is -2.36. The van der Waals surface area contributed by atoms with Gasteiger partial charge in [0.05, 0.1) is 22.3 Å². The van der Waals surface area contributed by atoms with Crippen molar-refractivity contribution in [2.75, 3.05) is 5.01 Å². The van der Waals surface area contributed by atoms with Crippen LogP contribution in [0.2, 0.25) is 0 Å². The highest BCUT2D eigenvalue weighted by Crippen LogP contribution is 2.33. The molecule has 0 atom stereocenters. The van der Waals surface area contributed by atoms with Gasteiger partial charge in [-0.3, -0.25) is 14.6 Å². The standard InChI is InChI=1S/C12H7N3O4/c13-15-9-6-2-1-5(12(18)19)3-8(6)14-4-7(9)10(16)11(15)17/h1-4H,13H2,(H,18,19). The Bertz CT molecular complexity index is 769. The molecule has 0 fully saturated rings. The summed E-state index contributed by atoms with van der Waals surface area (Å²) in [4.78, 5) is 38.0. The third kappa shape index (κ3) is 1.42. The zero-order chi connectivity index (χ0) is 13.7. The number of ketones is 1. The number of aromatic nitrogens is 1. The summed E-state index contributed by atoms with van der Waals surface area (Å²) in [5, 5.41) is 10.1. The van der Waals surface area contributed by atoms with Gasteiger partial charge >= 0.3 is 11.9 Å². The van der Waals surface area contributed by atoms with Gasteiger partial charge in [0.1, 0.15) is 0 Å². The van der Waals surface area contributed by atoms with Gasteiger partial charge in [-0.1, -0.05) is 0 Å². The van der Waals surface area contributed by atoms with Gasteiger partial charge in [-0.2, -0.15) is 0 Å². The van der Waals surface area contributed by atoms with E-state index in [0.717, 1.165) is 5.01 Å². The smallest absolute Gasteiger partial charge is 0.335 e. The molecule has 0 unspecified atom stereocenters. The van der Waals surface area contributed by atoms with E-state index in [1.54, 1.807) is 0 Å². The lowest BCUT2D eigenvalue weighted by molar-refractivity contribution is -0.114. The summed E-state index contributed by atoms with van der Waals surface area (Å²) < 4.78 is 0. The molecular formula is C12H7N3O4. The first-order chi connectivity index (χ1) is 9.00. The lowest BCUT2D eigenvalue weighted by atomic mass is 10.1. The van der Waals surface area contributed by atoms with Crippen LogP contribution in [0.4, 0.5) is 5.69 Å². The number of aromatic carboxylic acids is 1. The van der Waals surface area contributed by atoms with Gasteiger partial charge in [0.25, 0.3) is 5.78 Å². The molecule has 3 rings (SSSR count). The van der Waals surface area contributed by atoms with Gasteiger partial charge in [-0.05, 0) is 18.2 Å². The Hall–Kier alpha value is -2.80. The average molecular weight is 257 g/mol. The zero-order valence-electron chi connectivity index (χ0n) is 9.45. The zero-order valence-corrected chi connectivity index (χ0v) is 9.45. The second-order valence-corrected chi connectivity index (χ2v) is 4.06. The van der Waals surface area contributed by atoms with Crippen molar-refractivity contribution < 1.29 is 19.5 Å². The quantitative estimate of drug-likeness (QED) is 0.432. The number of hydrogen-bond acceptors (Lipinski definition) is 5. The second-order valence-electron chi connectivity index (χ2n) is 4.06. The third-order valence-electron chi connectivity index (χ3n) is 2.99. The summed E-state index contributed by atoms with van der Waals surface area (Å²) >= 11 is 0. The fourth-order valence-corrected chi connectivity index (χ4v) is 2.06. The topological polar surface area (TPSA) is 114 Å². The van der Waals surface area contributed by atoms with E-state index >= 15 is 0 Å². The number of benzene rings is 1. The molecule has 0 radical (unpaired) electrons. The average Bonchev–Trinajstić information content (AvgIpc) is 2.63. The second kappa shape index (κ2) is 3.59. The van der Waals surface area contributed by atoms with Crippen LogP contribution in [0.5, 0.6) is 0 Å². The van der Waals surface area contributed by atoms with E-state index in [1.807, 2.05) is 0 Å². The van der Waals surface area contributed by atoms with E-state index in [-0.39, 0.29) is 16.8 Å². The Kier molecular flexibility index (Phi) is 2.14. The van der Waals surface area contributed by atoms with Crippen LogP contribution in [-0.4, -0.2) is 27.8 Å². The molecule has 94 valence electrons. The van der Waals surface area contributed by atoms with Crippen molar-refractivity contribution in [3.63, 3.8) is 0 Å². The first-order valence-electron chi connectivity index (χ1n) is 5.30. The highest BCUT2D eigenvalue weighted by atomic mass is 16.4. The van der Waals surface area contributed by atoms with Gasteiger partial charge < -0.3 is 5.11 Å². The molecule has 1 aliphatic rings. The number of nitrogens with zero attached hydrogens (tertiary/aromatic N) is 2. The number of fused-ring (bicyclic) bond motifs is 3. The SMILES string of the molecule is NN1C(=O)C(=O)c2cnc3cc(C(=O)O)ccc3c21. The third-order valence-corrected chi connectivity index (χ3v) is 2.99. The molecule has 2 aromatic rings. The Morgan fingerprint density at radius 1 is 1.32 bits per heavy atom. The van der Waals surface area contributed by atoms with Crippen molar-refractivity contribution in [2.45, 2.75) is 0 Å². The van der Waals surface area contributed by atoms with Gasteiger partial charge in [0.2, 0.25) is 0 Å². The number of carbonyl (C=O) groups is 3. The van der Waals surface area contributed by atoms with E-state index in [4.69, 9.17) is 10.9 Å². The van der Waals surface area contributed by atoms with Crippen molar-refractivity contribution in [1.29, 1.82) is 0 Å². The van der Waals surface area contributed by atoms with Crippen LogP contribution in [0.25, 0.3) is 10.9 Å². The number of carboxylic acids is 1. The largest absolute Gasteiger partial charge is 0.478 e. The van der Waals surface area contributed by atoms with Crippen molar-refractivity contribution >= 4 is 34.3 Å². The number of amides is 1. The molecule has 1 aromatic carbocycles. The minimum atomic E-state index is -1.08. The summed E-state index contributed by atoms with van der Waals surface area (Å²) in [5.74, 6) is 2.94. The van der Waals surface area contributed by atoms with Gasteiger partial charge in [0.15, 0.2) is 0 Å². The van der Waals surface area contributed by atoms with E-state index in [1.165, 1.54) is 24.4 Å². The Morgan fingerprint density at radius 3 is 2.74 bits per heavy atom. The Balaban J connectivity index is 2.34. The predicted molar refractivity (Wildman–Crippen MR) is 64.7 cm³/mol. The normalized spacial score (nSPS) is 14.1. The number of carbonyl (C=O) groups excluding carboxylic acids is 2. The number of hydrogen-bond donors (Lipinski definition) is 2. The van der Waals surface area contributed by atoms with Crippen LogP contribution in [-0.2, 0) is 4.79 Å². The van der Waals surface area contributed by atoms with Crippen LogP contribution in [0.15, 0.2) is 24.4 Å². The molecule has 19 heavy (non-hydrogen) atoms. The fourth-order valence-electron chi connectivity index (χ4n) is 2.06. The van der Waals surface area contributed by atoms with E-state index in [2.05, 4.69) is 4.98 Å². The van der Waals surface area contributed by atoms with Crippen LogP contribution in [0.3, 0.4) is 0 Å². The molecule has 3 N–H and O–H groups in total. The van der Waals surface area contributed by atoms with Gasteiger partial charge in [0, 0.05) is 11.6 Å². The Labute approximate surface area is 106 Å². The van der Waals surface area contributed by atoms with Crippen molar-refractivity contribution in [2.24, 2.45) is 5.84 Å². The number of pyridine rings is 1. The molecule has 0 spiro atoms. The maximum Gasteiger partial charge on any atom is 0.335 e. The predicted octanol–water partition coefficient (Wildman–Crippen LogP) is 0.336. The number of rotatable bonds is 1. The summed E-state index contributed by atoms with van der Waals surface area (Å²) in [6, 6.07) is 4.21. The molecule has 0 saturated carbocycles. The fraction of sp³-hybridized carbons (Fsp3) is 0.